The number of benzene rings is 1. The Kier molecular flexibility index (Phi) is 3.17. The first-order chi connectivity index (χ1) is 8.38. The van der Waals surface area contributed by atoms with Crippen molar-refractivity contribution < 1.29 is 5.11 Å². The lowest BCUT2D eigenvalue weighted by atomic mass is 9.94. The highest BCUT2D eigenvalue weighted by Crippen LogP contribution is 2.39. The van der Waals surface area contributed by atoms with Gasteiger partial charge in [-0.2, -0.15) is 0 Å². The smallest absolute Gasteiger partial charge is 0.0556 e. The fourth-order valence-electron chi connectivity index (χ4n) is 3.72. The highest BCUT2D eigenvalue weighted by Gasteiger charge is 2.38. The minimum atomic E-state index is 0.253. The largest absolute Gasteiger partial charge is 0.395 e. The number of rotatable bonds is 3. The molecule has 0 radical (unpaired) electrons. The van der Waals surface area contributed by atoms with Crippen LogP contribution in [0.4, 0.5) is 0 Å². The minimum absolute atomic E-state index is 0.253. The molecule has 2 bridgehead atoms. The van der Waals surface area contributed by atoms with Crippen LogP contribution in [0.15, 0.2) is 24.3 Å². The number of fused-ring (bicyclic) bond motifs is 3. The van der Waals surface area contributed by atoms with Gasteiger partial charge in [-0.3, -0.25) is 0 Å². The molecule has 1 fully saturated rings. The zero-order valence-electron chi connectivity index (χ0n) is 10.2. The molecule has 92 valence electrons. The summed E-state index contributed by atoms with van der Waals surface area (Å²) in [6, 6.07) is 9.52. The van der Waals surface area contributed by atoms with E-state index in [-0.39, 0.29) is 6.61 Å². The number of hydrogen-bond donors (Lipinski definition) is 2. The molecule has 0 heterocycles. The third kappa shape index (κ3) is 2.12. The summed E-state index contributed by atoms with van der Waals surface area (Å²) >= 11 is 0. The summed E-state index contributed by atoms with van der Waals surface area (Å²) in [5.41, 5.74) is 3.10. The molecule has 1 aromatic carbocycles. The first-order valence-electron chi connectivity index (χ1n) is 6.79. The molecule has 1 saturated carbocycles. The molecule has 0 aromatic heterocycles. The summed E-state index contributed by atoms with van der Waals surface area (Å²) in [6.07, 6.45) is 5.13. The normalized spacial score (nSPS) is 31.0. The van der Waals surface area contributed by atoms with E-state index in [2.05, 4.69) is 29.6 Å². The zero-order valence-corrected chi connectivity index (χ0v) is 10.2. The molecular formula is C15H21NO. The molecule has 2 atom stereocenters. The van der Waals surface area contributed by atoms with Crippen molar-refractivity contribution in [2.24, 2.45) is 11.8 Å². The van der Waals surface area contributed by atoms with Crippen LogP contribution in [-0.2, 0) is 12.8 Å². The van der Waals surface area contributed by atoms with Crippen LogP contribution in [0.25, 0.3) is 0 Å². The van der Waals surface area contributed by atoms with E-state index < -0.39 is 0 Å². The standard InChI is InChI=1S/C15H21NO/c17-8-7-16-15-13-5-6-14(15)10-12-4-2-1-3-11(12)9-13/h1-4,13-17H,5-10H2. The molecule has 0 saturated heterocycles. The zero-order chi connectivity index (χ0) is 11.7. The highest BCUT2D eigenvalue weighted by molar-refractivity contribution is 5.30. The van der Waals surface area contributed by atoms with Gasteiger partial charge in [0, 0.05) is 12.6 Å². The van der Waals surface area contributed by atoms with Crippen LogP contribution >= 0.6 is 0 Å². The van der Waals surface area contributed by atoms with Gasteiger partial charge in [0.05, 0.1) is 6.61 Å². The van der Waals surface area contributed by atoms with Gasteiger partial charge >= 0.3 is 0 Å². The second kappa shape index (κ2) is 4.79. The van der Waals surface area contributed by atoms with E-state index in [0.717, 1.165) is 18.4 Å². The first kappa shape index (κ1) is 11.2. The Morgan fingerprint density at radius 2 is 1.65 bits per heavy atom. The predicted molar refractivity (Wildman–Crippen MR) is 68.9 cm³/mol. The maximum Gasteiger partial charge on any atom is 0.0556 e. The summed E-state index contributed by atoms with van der Waals surface area (Å²) < 4.78 is 0. The van der Waals surface area contributed by atoms with Crippen LogP contribution in [0.5, 0.6) is 0 Å². The van der Waals surface area contributed by atoms with Crippen molar-refractivity contribution in [2.45, 2.75) is 31.7 Å². The van der Waals surface area contributed by atoms with Crippen LogP contribution in [0.3, 0.4) is 0 Å². The van der Waals surface area contributed by atoms with Crippen LogP contribution in [0, 0.1) is 11.8 Å². The summed E-state index contributed by atoms with van der Waals surface area (Å²) in [6.45, 7) is 0.997. The van der Waals surface area contributed by atoms with Crippen LogP contribution in [0.1, 0.15) is 24.0 Å². The Morgan fingerprint density at radius 3 is 2.18 bits per heavy atom. The van der Waals surface area contributed by atoms with Gasteiger partial charge in [-0.1, -0.05) is 24.3 Å². The van der Waals surface area contributed by atoms with Crippen LogP contribution < -0.4 is 5.32 Å². The van der Waals surface area contributed by atoms with Gasteiger partial charge in [-0.25, -0.2) is 0 Å². The Bertz CT molecular complexity index is 357. The molecule has 2 nitrogen and oxygen atoms in total. The third-order valence-corrected chi connectivity index (χ3v) is 4.50. The van der Waals surface area contributed by atoms with E-state index in [9.17, 15) is 0 Å². The quantitative estimate of drug-likeness (QED) is 0.831. The van der Waals surface area contributed by atoms with Crippen molar-refractivity contribution in [2.75, 3.05) is 13.2 Å². The van der Waals surface area contributed by atoms with E-state index in [0.29, 0.717) is 6.04 Å². The van der Waals surface area contributed by atoms with Crippen molar-refractivity contribution in [1.82, 2.24) is 5.32 Å². The van der Waals surface area contributed by atoms with Gasteiger partial charge in [-0.05, 0) is 48.6 Å². The van der Waals surface area contributed by atoms with Gasteiger partial charge < -0.3 is 10.4 Å². The Morgan fingerprint density at radius 1 is 1.06 bits per heavy atom. The van der Waals surface area contributed by atoms with E-state index in [4.69, 9.17) is 5.11 Å². The highest BCUT2D eigenvalue weighted by atomic mass is 16.3. The van der Waals surface area contributed by atoms with Gasteiger partial charge in [0.15, 0.2) is 0 Å². The molecule has 1 aromatic rings. The third-order valence-electron chi connectivity index (χ3n) is 4.50. The van der Waals surface area contributed by atoms with Gasteiger partial charge in [-0.15, -0.1) is 0 Å². The minimum Gasteiger partial charge on any atom is -0.395 e. The number of aliphatic hydroxyl groups is 1. The lowest BCUT2D eigenvalue weighted by molar-refractivity contribution is 0.261. The molecule has 17 heavy (non-hydrogen) atoms. The Labute approximate surface area is 103 Å². The van der Waals surface area contributed by atoms with Gasteiger partial charge in [0.1, 0.15) is 0 Å². The Balaban J connectivity index is 1.82. The van der Waals surface area contributed by atoms with E-state index in [1.807, 2.05) is 0 Å². The van der Waals surface area contributed by atoms with Crippen LogP contribution in [-0.4, -0.2) is 24.3 Å². The molecule has 2 N–H and O–H groups in total. The second-order valence-electron chi connectivity index (χ2n) is 5.48. The molecule has 2 aliphatic rings. The van der Waals surface area contributed by atoms with Gasteiger partial charge in [0.25, 0.3) is 0 Å². The van der Waals surface area contributed by atoms with Crippen molar-refractivity contribution in [3.05, 3.63) is 35.4 Å². The monoisotopic (exact) mass is 231 g/mol. The number of hydrogen-bond acceptors (Lipinski definition) is 2. The molecule has 0 aliphatic heterocycles. The fraction of sp³-hybridized carbons (Fsp3) is 0.600. The Hall–Kier alpha value is -0.860. The molecule has 0 amide bonds. The van der Waals surface area contributed by atoms with E-state index >= 15 is 0 Å². The fourth-order valence-corrected chi connectivity index (χ4v) is 3.72. The van der Waals surface area contributed by atoms with Crippen molar-refractivity contribution >= 4 is 0 Å². The maximum absolute atomic E-state index is 8.97. The van der Waals surface area contributed by atoms with Crippen LogP contribution in [0.2, 0.25) is 0 Å². The topological polar surface area (TPSA) is 32.3 Å². The summed E-state index contributed by atoms with van der Waals surface area (Å²) in [7, 11) is 0. The summed E-state index contributed by atoms with van der Waals surface area (Å²) in [5, 5.41) is 12.5. The van der Waals surface area contributed by atoms with Crippen molar-refractivity contribution in [1.29, 1.82) is 0 Å². The van der Waals surface area contributed by atoms with Crippen molar-refractivity contribution in [3.8, 4) is 0 Å². The van der Waals surface area contributed by atoms with Gasteiger partial charge in [0.2, 0.25) is 0 Å². The maximum atomic E-state index is 8.97. The molecule has 2 unspecified atom stereocenters. The second-order valence-corrected chi connectivity index (χ2v) is 5.48. The van der Waals surface area contributed by atoms with Crippen molar-refractivity contribution in [3.63, 3.8) is 0 Å². The lowest BCUT2D eigenvalue weighted by Gasteiger charge is -2.23. The average Bonchev–Trinajstić information content (AvgIpc) is 2.62. The first-order valence-corrected chi connectivity index (χ1v) is 6.79. The average molecular weight is 231 g/mol. The molecule has 2 heteroatoms. The predicted octanol–water partition coefficient (Wildman–Crippen LogP) is 1.76. The number of aliphatic hydroxyl groups excluding tert-OH is 1. The molecule has 2 aliphatic carbocycles. The molecule has 3 rings (SSSR count). The molecular weight excluding hydrogens is 210 g/mol. The SMILES string of the molecule is OCCNC1C2CCC1Cc1ccccc1C2. The van der Waals surface area contributed by atoms with E-state index in [1.165, 1.54) is 25.7 Å². The lowest BCUT2D eigenvalue weighted by Crippen LogP contribution is -2.39. The molecule has 0 spiro atoms. The summed E-state index contributed by atoms with van der Waals surface area (Å²) in [4.78, 5) is 0. The summed E-state index contributed by atoms with van der Waals surface area (Å²) in [5.74, 6) is 1.55. The van der Waals surface area contributed by atoms with E-state index in [1.54, 1.807) is 11.1 Å². The number of nitrogens with one attached hydrogen (secondary N) is 1.